The summed E-state index contributed by atoms with van der Waals surface area (Å²) in [6, 6.07) is 0. The van der Waals surface area contributed by atoms with Crippen LogP contribution in [0, 0.1) is 17.3 Å². The molecule has 1 N–H and O–H groups in total. The summed E-state index contributed by atoms with van der Waals surface area (Å²) in [4.78, 5) is 0. The molecular weight excluding hydrogens is 196 g/mol. The second kappa shape index (κ2) is 6.05. The van der Waals surface area contributed by atoms with E-state index in [1.54, 1.807) is 0 Å². The standard InChI is InChI=1S/C15H30O/c1-5-10-15(4,7-3)13-11-12(6-2)8-9-14(13)16/h12-14,16H,5-11H2,1-4H3. The van der Waals surface area contributed by atoms with Gasteiger partial charge in [0.1, 0.15) is 0 Å². The molecule has 96 valence electrons. The SMILES string of the molecule is CCCC(C)(CC)C1CC(CC)CCC1O. The van der Waals surface area contributed by atoms with Gasteiger partial charge >= 0.3 is 0 Å². The lowest BCUT2D eigenvalue weighted by atomic mass is 9.62. The highest BCUT2D eigenvalue weighted by atomic mass is 16.3. The van der Waals surface area contributed by atoms with E-state index in [1.807, 2.05) is 0 Å². The lowest BCUT2D eigenvalue weighted by molar-refractivity contribution is -0.0291. The van der Waals surface area contributed by atoms with Crippen molar-refractivity contribution in [1.82, 2.24) is 0 Å². The predicted molar refractivity (Wildman–Crippen MR) is 70.4 cm³/mol. The molecule has 1 aliphatic carbocycles. The van der Waals surface area contributed by atoms with Gasteiger partial charge in [0, 0.05) is 0 Å². The third-order valence-corrected chi connectivity index (χ3v) is 5.02. The Bertz CT molecular complexity index is 202. The van der Waals surface area contributed by atoms with Crippen LogP contribution in [0.4, 0.5) is 0 Å². The van der Waals surface area contributed by atoms with Gasteiger partial charge in [-0.1, -0.05) is 47.0 Å². The molecule has 4 atom stereocenters. The lowest BCUT2D eigenvalue weighted by Crippen LogP contribution is -2.40. The monoisotopic (exact) mass is 226 g/mol. The summed E-state index contributed by atoms with van der Waals surface area (Å²) in [6.07, 6.45) is 8.48. The molecule has 4 unspecified atom stereocenters. The van der Waals surface area contributed by atoms with Crippen LogP contribution in [0.15, 0.2) is 0 Å². The molecule has 1 nitrogen and oxygen atoms in total. The average Bonchev–Trinajstić information content (AvgIpc) is 2.30. The van der Waals surface area contributed by atoms with Gasteiger partial charge in [0.05, 0.1) is 6.10 Å². The van der Waals surface area contributed by atoms with Crippen molar-refractivity contribution in [2.24, 2.45) is 17.3 Å². The summed E-state index contributed by atoms with van der Waals surface area (Å²) in [6.45, 7) is 9.24. The Kier molecular flexibility index (Phi) is 5.30. The van der Waals surface area contributed by atoms with Gasteiger partial charge in [-0.05, 0) is 42.9 Å². The van der Waals surface area contributed by atoms with Crippen LogP contribution in [0.1, 0.15) is 72.6 Å². The van der Waals surface area contributed by atoms with Crippen molar-refractivity contribution in [2.75, 3.05) is 0 Å². The van der Waals surface area contributed by atoms with E-state index >= 15 is 0 Å². The van der Waals surface area contributed by atoms with Gasteiger partial charge in [0.15, 0.2) is 0 Å². The molecule has 0 amide bonds. The van der Waals surface area contributed by atoms with Crippen molar-refractivity contribution in [2.45, 2.75) is 78.7 Å². The molecular formula is C15H30O. The first-order valence-corrected chi connectivity index (χ1v) is 7.25. The van der Waals surface area contributed by atoms with Gasteiger partial charge < -0.3 is 5.11 Å². The Hall–Kier alpha value is -0.0400. The molecule has 0 aromatic rings. The van der Waals surface area contributed by atoms with Gasteiger partial charge in [-0.2, -0.15) is 0 Å². The molecule has 1 aliphatic rings. The second-order valence-corrected chi connectivity index (χ2v) is 6.02. The molecule has 1 rings (SSSR count). The molecule has 0 bridgehead atoms. The highest BCUT2D eigenvalue weighted by molar-refractivity contribution is 4.90. The molecule has 0 aromatic heterocycles. The quantitative estimate of drug-likeness (QED) is 0.737. The van der Waals surface area contributed by atoms with Crippen LogP contribution in [-0.2, 0) is 0 Å². The molecule has 0 heterocycles. The van der Waals surface area contributed by atoms with Gasteiger partial charge in [-0.25, -0.2) is 0 Å². The fraction of sp³-hybridized carbons (Fsp3) is 1.00. The van der Waals surface area contributed by atoms with E-state index in [9.17, 15) is 5.11 Å². The van der Waals surface area contributed by atoms with Gasteiger partial charge in [-0.3, -0.25) is 0 Å². The molecule has 16 heavy (non-hydrogen) atoms. The molecule has 1 heteroatoms. The van der Waals surface area contributed by atoms with E-state index in [2.05, 4.69) is 27.7 Å². The van der Waals surface area contributed by atoms with E-state index in [0.717, 1.165) is 12.3 Å². The first-order chi connectivity index (χ1) is 7.57. The molecule has 0 spiro atoms. The van der Waals surface area contributed by atoms with Crippen LogP contribution < -0.4 is 0 Å². The smallest absolute Gasteiger partial charge is 0.0573 e. The van der Waals surface area contributed by atoms with Crippen LogP contribution in [0.2, 0.25) is 0 Å². The Balaban J connectivity index is 2.72. The van der Waals surface area contributed by atoms with Gasteiger partial charge in [-0.15, -0.1) is 0 Å². The molecule has 1 saturated carbocycles. The van der Waals surface area contributed by atoms with E-state index in [4.69, 9.17) is 0 Å². The summed E-state index contributed by atoms with van der Waals surface area (Å²) >= 11 is 0. The van der Waals surface area contributed by atoms with Crippen molar-refractivity contribution >= 4 is 0 Å². The summed E-state index contributed by atoms with van der Waals surface area (Å²) < 4.78 is 0. The highest BCUT2D eigenvalue weighted by Crippen LogP contribution is 2.46. The topological polar surface area (TPSA) is 20.2 Å². The zero-order valence-corrected chi connectivity index (χ0v) is 11.6. The molecule has 1 fully saturated rings. The van der Waals surface area contributed by atoms with Crippen molar-refractivity contribution in [3.8, 4) is 0 Å². The van der Waals surface area contributed by atoms with Crippen molar-refractivity contribution in [1.29, 1.82) is 0 Å². The maximum absolute atomic E-state index is 10.3. The summed E-state index contributed by atoms with van der Waals surface area (Å²) in [7, 11) is 0. The van der Waals surface area contributed by atoms with E-state index < -0.39 is 0 Å². The summed E-state index contributed by atoms with van der Waals surface area (Å²) in [5.74, 6) is 1.40. The number of aliphatic hydroxyl groups is 1. The number of aliphatic hydroxyl groups excluding tert-OH is 1. The zero-order chi connectivity index (χ0) is 12.2. The summed E-state index contributed by atoms with van der Waals surface area (Å²) in [5, 5.41) is 10.3. The minimum Gasteiger partial charge on any atom is -0.393 e. The van der Waals surface area contributed by atoms with Gasteiger partial charge in [0.25, 0.3) is 0 Å². The van der Waals surface area contributed by atoms with Crippen LogP contribution >= 0.6 is 0 Å². The third kappa shape index (κ3) is 3.00. The maximum atomic E-state index is 10.3. The fourth-order valence-corrected chi connectivity index (χ4v) is 3.56. The Morgan fingerprint density at radius 2 is 1.88 bits per heavy atom. The third-order valence-electron chi connectivity index (χ3n) is 5.02. The van der Waals surface area contributed by atoms with Crippen molar-refractivity contribution in [3.63, 3.8) is 0 Å². The zero-order valence-electron chi connectivity index (χ0n) is 11.6. The first-order valence-electron chi connectivity index (χ1n) is 7.25. The molecule has 0 aliphatic heterocycles. The molecule has 0 aromatic carbocycles. The van der Waals surface area contributed by atoms with Crippen LogP contribution in [0.5, 0.6) is 0 Å². The summed E-state index contributed by atoms with van der Waals surface area (Å²) in [5.41, 5.74) is 0.363. The minimum absolute atomic E-state index is 0.0423. The van der Waals surface area contributed by atoms with Crippen LogP contribution in [0.3, 0.4) is 0 Å². The lowest BCUT2D eigenvalue weighted by Gasteiger charge is -2.44. The number of hydrogen-bond donors (Lipinski definition) is 1. The van der Waals surface area contributed by atoms with Crippen LogP contribution in [0.25, 0.3) is 0 Å². The van der Waals surface area contributed by atoms with Crippen LogP contribution in [-0.4, -0.2) is 11.2 Å². The van der Waals surface area contributed by atoms with E-state index in [-0.39, 0.29) is 6.10 Å². The second-order valence-electron chi connectivity index (χ2n) is 6.02. The Morgan fingerprint density at radius 1 is 1.19 bits per heavy atom. The van der Waals surface area contributed by atoms with Crippen molar-refractivity contribution < 1.29 is 5.11 Å². The highest BCUT2D eigenvalue weighted by Gasteiger charge is 2.40. The predicted octanol–water partition coefficient (Wildman–Crippen LogP) is 4.39. The van der Waals surface area contributed by atoms with E-state index in [0.29, 0.717) is 11.3 Å². The number of hydrogen-bond acceptors (Lipinski definition) is 1. The fourth-order valence-electron chi connectivity index (χ4n) is 3.56. The Morgan fingerprint density at radius 3 is 2.38 bits per heavy atom. The first kappa shape index (κ1) is 14.0. The number of rotatable bonds is 5. The normalized spacial score (nSPS) is 34.7. The van der Waals surface area contributed by atoms with Gasteiger partial charge in [0.2, 0.25) is 0 Å². The van der Waals surface area contributed by atoms with Crippen molar-refractivity contribution in [3.05, 3.63) is 0 Å². The largest absolute Gasteiger partial charge is 0.393 e. The van der Waals surface area contributed by atoms with E-state index in [1.165, 1.54) is 38.5 Å². The maximum Gasteiger partial charge on any atom is 0.0573 e. The average molecular weight is 226 g/mol. The minimum atomic E-state index is -0.0423. The Labute approximate surface area is 102 Å². The molecule has 0 saturated heterocycles. The molecule has 0 radical (unpaired) electrons.